The van der Waals surface area contributed by atoms with E-state index in [-0.39, 0.29) is 11.7 Å². The summed E-state index contributed by atoms with van der Waals surface area (Å²) in [7, 11) is 0. The van der Waals surface area contributed by atoms with Crippen LogP contribution in [0, 0.1) is 0 Å². The van der Waals surface area contributed by atoms with Gasteiger partial charge in [0.15, 0.2) is 6.10 Å². The number of phenolic OH excluding ortho intramolecular Hbond substituents is 1. The predicted octanol–water partition coefficient (Wildman–Crippen LogP) is 4.19. The second-order valence-corrected chi connectivity index (χ2v) is 7.04. The van der Waals surface area contributed by atoms with Gasteiger partial charge < -0.3 is 14.7 Å². The molecule has 5 nitrogen and oxygen atoms in total. The van der Waals surface area contributed by atoms with Crippen LogP contribution in [0.1, 0.15) is 22.8 Å². The predicted molar refractivity (Wildman–Crippen MR) is 111 cm³/mol. The Hall–Kier alpha value is -3.60. The van der Waals surface area contributed by atoms with Crippen LogP contribution in [-0.4, -0.2) is 29.6 Å². The van der Waals surface area contributed by atoms with Crippen molar-refractivity contribution in [1.29, 1.82) is 0 Å². The number of fused-ring (bicyclic) bond motifs is 1. The van der Waals surface area contributed by atoms with Crippen LogP contribution in [0.3, 0.4) is 0 Å². The smallest absolute Gasteiger partial charge is 0.338 e. The largest absolute Gasteiger partial charge is 0.508 e. The second-order valence-electron chi connectivity index (χ2n) is 7.04. The third-order valence-corrected chi connectivity index (χ3v) is 5.11. The minimum atomic E-state index is -0.870. The Morgan fingerprint density at radius 1 is 0.931 bits per heavy atom. The Morgan fingerprint density at radius 3 is 2.24 bits per heavy atom. The van der Waals surface area contributed by atoms with Gasteiger partial charge in [-0.1, -0.05) is 42.5 Å². The molecule has 5 heteroatoms. The van der Waals surface area contributed by atoms with E-state index in [1.165, 1.54) is 0 Å². The molecule has 0 saturated heterocycles. The van der Waals surface area contributed by atoms with Gasteiger partial charge in [0.25, 0.3) is 5.91 Å². The first-order valence-electron chi connectivity index (χ1n) is 9.52. The second kappa shape index (κ2) is 7.80. The molecule has 0 spiro atoms. The van der Waals surface area contributed by atoms with Crippen LogP contribution < -0.4 is 4.90 Å². The summed E-state index contributed by atoms with van der Waals surface area (Å²) in [5, 5.41) is 9.39. The van der Waals surface area contributed by atoms with E-state index in [0.717, 1.165) is 28.8 Å². The Bertz CT molecular complexity index is 1040. The summed E-state index contributed by atoms with van der Waals surface area (Å²) in [6.45, 7) is 2.20. The van der Waals surface area contributed by atoms with E-state index in [1.807, 2.05) is 36.4 Å². The molecular weight excluding hydrogens is 366 g/mol. The number of carbonyl (C=O) groups excluding carboxylic acids is 2. The zero-order valence-corrected chi connectivity index (χ0v) is 16.0. The standard InChI is InChI=1S/C24H21NO4/c1-16(23(27)25-15-14-19-4-2-3-5-22(19)25)29-24(28)20-8-6-17(7-9-20)18-10-12-21(26)13-11-18/h2-13,16,26H,14-15H2,1H3/t16-/m1/s1. The number of nitrogens with zero attached hydrogens (tertiary/aromatic N) is 1. The molecule has 1 aliphatic rings. The molecule has 4 rings (SSSR count). The summed E-state index contributed by atoms with van der Waals surface area (Å²) in [5.41, 5.74) is 4.25. The van der Waals surface area contributed by atoms with E-state index in [1.54, 1.807) is 48.2 Å². The fraction of sp³-hybridized carbons (Fsp3) is 0.167. The monoisotopic (exact) mass is 387 g/mol. The van der Waals surface area contributed by atoms with Crippen LogP contribution in [0.15, 0.2) is 72.8 Å². The number of aromatic hydroxyl groups is 1. The van der Waals surface area contributed by atoms with Gasteiger partial charge in [-0.2, -0.15) is 0 Å². The summed E-state index contributed by atoms with van der Waals surface area (Å²) in [4.78, 5) is 26.9. The number of benzene rings is 3. The van der Waals surface area contributed by atoms with E-state index in [2.05, 4.69) is 0 Å². The van der Waals surface area contributed by atoms with E-state index in [9.17, 15) is 14.7 Å². The average molecular weight is 387 g/mol. The van der Waals surface area contributed by atoms with Crippen LogP contribution in [0.25, 0.3) is 11.1 Å². The van der Waals surface area contributed by atoms with Crippen molar-refractivity contribution in [1.82, 2.24) is 0 Å². The van der Waals surface area contributed by atoms with Crippen molar-refractivity contribution in [3.8, 4) is 16.9 Å². The zero-order chi connectivity index (χ0) is 20.4. The van der Waals surface area contributed by atoms with Crippen LogP contribution in [0.4, 0.5) is 5.69 Å². The van der Waals surface area contributed by atoms with Gasteiger partial charge in [-0.05, 0) is 60.4 Å². The van der Waals surface area contributed by atoms with Crippen molar-refractivity contribution in [3.05, 3.63) is 83.9 Å². The summed E-state index contributed by atoms with van der Waals surface area (Å²) >= 11 is 0. The van der Waals surface area contributed by atoms with Crippen molar-refractivity contribution in [2.45, 2.75) is 19.4 Å². The molecule has 146 valence electrons. The third kappa shape index (κ3) is 3.85. The first-order valence-corrected chi connectivity index (χ1v) is 9.52. The summed E-state index contributed by atoms with van der Waals surface area (Å²) in [5.74, 6) is -0.548. The lowest BCUT2D eigenvalue weighted by molar-refractivity contribution is -0.126. The van der Waals surface area contributed by atoms with Gasteiger partial charge in [-0.15, -0.1) is 0 Å². The SMILES string of the molecule is C[C@@H](OC(=O)c1ccc(-c2ccc(O)cc2)cc1)C(=O)N1CCc2ccccc21. The molecule has 1 amide bonds. The lowest BCUT2D eigenvalue weighted by atomic mass is 10.0. The highest BCUT2D eigenvalue weighted by atomic mass is 16.5. The van der Waals surface area contributed by atoms with Gasteiger partial charge in [0, 0.05) is 12.2 Å². The molecule has 0 saturated carbocycles. The molecule has 0 radical (unpaired) electrons. The number of carbonyl (C=O) groups is 2. The van der Waals surface area contributed by atoms with Gasteiger partial charge in [0.1, 0.15) is 5.75 Å². The number of amides is 1. The maximum Gasteiger partial charge on any atom is 0.338 e. The molecule has 0 aliphatic carbocycles. The van der Waals surface area contributed by atoms with E-state index < -0.39 is 12.1 Å². The zero-order valence-electron chi connectivity index (χ0n) is 16.0. The van der Waals surface area contributed by atoms with Crippen LogP contribution >= 0.6 is 0 Å². The topological polar surface area (TPSA) is 66.8 Å². The molecule has 1 atom stereocenters. The molecule has 1 heterocycles. The average Bonchev–Trinajstić information content (AvgIpc) is 3.18. The van der Waals surface area contributed by atoms with Gasteiger partial charge in [-0.3, -0.25) is 4.79 Å². The molecule has 1 aliphatic heterocycles. The van der Waals surface area contributed by atoms with Crippen molar-refractivity contribution in [2.24, 2.45) is 0 Å². The first kappa shape index (κ1) is 18.7. The Balaban J connectivity index is 1.42. The summed E-state index contributed by atoms with van der Waals surface area (Å²) in [6, 6.07) is 21.6. The van der Waals surface area contributed by atoms with Crippen LogP contribution in [-0.2, 0) is 16.0 Å². The first-order chi connectivity index (χ1) is 14.0. The molecule has 0 fully saturated rings. The van der Waals surface area contributed by atoms with Crippen molar-refractivity contribution in [2.75, 3.05) is 11.4 Å². The molecule has 3 aromatic rings. The number of esters is 1. The lowest BCUT2D eigenvalue weighted by Gasteiger charge is -2.21. The number of phenols is 1. The maximum atomic E-state index is 12.8. The van der Waals surface area contributed by atoms with Gasteiger partial charge >= 0.3 is 5.97 Å². The summed E-state index contributed by atoms with van der Waals surface area (Å²) < 4.78 is 5.42. The van der Waals surface area contributed by atoms with Crippen LogP contribution in [0.5, 0.6) is 5.75 Å². The number of para-hydroxylation sites is 1. The number of anilines is 1. The molecule has 29 heavy (non-hydrogen) atoms. The highest BCUT2D eigenvalue weighted by molar-refractivity contribution is 6.00. The summed E-state index contributed by atoms with van der Waals surface area (Å²) in [6.07, 6.45) is -0.0631. The maximum absolute atomic E-state index is 12.8. The molecule has 1 N–H and O–H groups in total. The third-order valence-electron chi connectivity index (χ3n) is 5.11. The number of rotatable bonds is 4. The quantitative estimate of drug-likeness (QED) is 0.682. The molecule has 0 aromatic heterocycles. The van der Waals surface area contributed by atoms with E-state index in [4.69, 9.17) is 4.74 Å². The number of ether oxygens (including phenoxy) is 1. The normalized spacial score (nSPS) is 13.6. The minimum Gasteiger partial charge on any atom is -0.508 e. The Kier molecular flexibility index (Phi) is 5.04. The van der Waals surface area contributed by atoms with Gasteiger partial charge in [0.2, 0.25) is 0 Å². The lowest BCUT2D eigenvalue weighted by Crippen LogP contribution is -2.39. The molecular formula is C24H21NO4. The number of hydrogen-bond acceptors (Lipinski definition) is 4. The Labute approximate surface area is 169 Å². The van der Waals surface area contributed by atoms with Crippen molar-refractivity contribution in [3.63, 3.8) is 0 Å². The highest BCUT2D eigenvalue weighted by Gasteiger charge is 2.29. The van der Waals surface area contributed by atoms with Gasteiger partial charge in [-0.25, -0.2) is 4.79 Å². The Morgan fingerprint density at radius 2 is 1.55 bits per heavy atom. The van der Waals surface area contributed by atoms with Crippen LogP contribution in [0.2, 0.25) is 0 Å². The molecule has 3 aromatic carbocycles. The fourth-order valence-corrected chi connectivity index (χ4v) is 3.52. The van der Waals surface area contributed by atoms with Crippen molar-refractivity contribution < 1.29 is 19.4 Å². The fourth-order valence-electron chi connectivity index (χ4n) is 3.52. The van der Waals surface area contributed by atoms with Gasteiger partial charge in [0.05, 0.1) is 5.56 Å². The highest BCUT2D eigenvalue weighted by Crippen LogP contribution is 2.28. The van der Waals surface area contributed by atoms with Crippen molar-refractivity contribution >= 4 is 17.6 Å². The number of hydrogen-bond donors (Lipinski definition) is 1. The molecule has 0 unspecified atom stereocenters. The van der Waals surface area contributed by atoms with E-state index >= 15 is 0 Å². The van der Waals surface area contributed by atoms with E-state index in [0.29, 0.717) is 12.1 Å². The molecule has 0 bridgehead atoms. The minimum absolute atomic E-state index is 0.202.